The molecule has 16 heavy (non-hydrogen) atoms. The average Bonchev–Trinajstić information content (AvgIpc) is 2.63. The molecule has 0 spiro atoms. The number of methoxy groups -OCH3 is 1. The fourth-order valence-corrected chi connectivity index (χ4v) is 2.04. The number of rotatable bonds is 6. The Morgan fingerprint density at radius 3 is 2.50 bits per heavy atom. The van der Waals surface area contributed by atoms with Crippen LogP contribution in [0.1, 0.15) is 43.8 Å². The molecule has 0 amide bonds. The Kier molecular flexibility index (Phi) is 4.96. The maximum atomic E-state index is 9.80. The Hall–Kier alpha value is -0.870. The minimum absolute atomic E-state index is 0.443. The van der Waals surface area contributed by atoms with Crippen LogP contribution in [0.5, 0.6) is 0 Å². The van der Waals surface area contributed by atoms with Gasteiger partial charge in [0.25, 0.3) is 0 Å². The summed E-state index contributed by atoms with van der Waals surface area (Å²) in [5.74, 6) is 0. The predicted molar refractivity (Wildman–Crippen MR) is 63.5 cm³/mol. The molecule has 0 saturated carbocycles. The maximum absolute atomic E-state index is 9.80. The number of aliphatic hydroxyl groups is 1. The molecule has 92 valence electrons. The average molecular weight is 226 g/mol. The summed E-state index contributed by atoms with van der Waals surface area (Å²) in [7, 11) is 1.69. The topological polar surface area (TPSA) is 47.3 Å². The lowest BCUT2D eigenvalue weighted by Gasteiger charge is -2.09. The Morgan fingerprint density at radius 1 is 1.38 bits per heavy atom. The van der Waals surface area contributed by atoms with E-state index in [0.717, 1.165) is 36.3 Å². The van der Waals surface area contributed by atoms with Gasteiger partial charge in [0.1, 0.15) is 0 Å². The van der Waals surface area contributed by atoms with Crippen molar-refractivity contribution >= 4 is 0 Å². The standard InChI is InChI=1S/C12H22N2O2/c1-5-10-12(9(3)15)11(6-2)14(13-10)7-8-16-4/h9,15H,5-8H2,1-4H3. The van der Waals surface area contributed by atoms with Gasteiger partial charge in [-0.1, -0.05) is 13.8 Å². The molecule has 0 aliphatic carbocycles. The van der Waals surface area contributed by atoms with Gasteiger partial charge >= 0.3 is 0 Å². The van der Waals surface area contributed by atoms with E-state index in [1.165, 1.54) is 0 Å². The van der Waals surface area contributed by atoms with Crippen molar-refractivity contribution in [1.82, 2.24) is 9.78 Å². The lowest BCUT2D eigenvalue weighted by atomic mass is 10.0. The van der Waals surface area contributed by atoms with Crippen molar-refractivity contribution in [2.24, 2.45) is 0 Å². The van der Waals surface area contributed by atoms with Crippen LogP contribution in [0.25, 0.3) is 0 Å². The van der Waals surface area contributed by atoms with E-state index in [9.17, 15) is 5.11 Å². The zero-order valence-corrected chi connectivity index (χ0v) is 10.7. The highest BCUT2D eigenvalue weighted by Gasteiger charge is 2.18. The first-order valence-electron chi connectivity index (χ1n) is 5.91. The fraction of sp³-hybridized carbons (Fsp3) is 0.750. The first kappa shape index (κ1) is 13.2. The summed E-state index contributed by atoms with van der Waals surface area (Å²) in [6, 6.07) is 0. The van der Waals surface area contributed by atoms with Crippen molar-refractivity contribution in [1.29, 1.82) is 0 Å². The zero-order valence-electron chi connectivity index (χ0n) is 10.7. The molecule has 4 heteroatoms. The number of hydrogen-bond acceptors (Lipinski definition) is 3. The van der Waals surface area contributed by atoms with Crippen molar-refractivity contribution in [2.45, 2.75) is 46.3 Å². The van der Waals surface area contributed by atoms with Gasteiger partial charge in [0.15, 0.2) is 0 Å². The number of aromatic nitrogens is 2. The summed E-state index contributed by atoms with van der Waals surface area (Å²) in [5.41, 5.74) is 3.13. The Morgan fingerprint density at radius 2 is 2.06 bits per heavy atom. The van der Waals surface area contributed by atoms with E-state index in [1.54, 1.807) is 14.0 Å². The summed E-state index contributed by atoms with van der Waals surface area (Å²) in [6.45, 7) is 7.35. The van der Waals surface area contributed by atoms with Crippen LogP contribution in [-0.4, -0.2) is 28.6 Å². The molecule has 1 unspecified atom stereocenters. The first-order valence-corrected chi connectivity index (χ1v) is 5.91. The quantitative estimate of drug-likeness (QED) is 0.803. The van der Waals surface area contributed by atoms with Crippen LogP contribution in [0, 0.1) is 0 Å². The van der Waals surface area contributed by atoms with Gasteiger partial charge in [-0.25, -0.2) is 0 Å². The van der Waals surface area contributed by atoms with Crippen molar-refractivity contribution in [3.63, 3.8) is 0 Å². The monoisotopic (exact) mass is 226 g/mol. The van der Waals surface area contributed by atoms with Crippen LogP contribution < -0.4 is 0 Å². The van der Waals surface area contributed by atoms with E-state index in [4.69, 9.17) is 4.74 Å². The lowest BCUT2D eigenvalue weighted by molar-refractivity contribution is 0.181. The Labute approximate surface area is 97.2 Å². The normalized spacial score (nSPS) is 13.1. The highest BCUT2D eigenvalue weighted by molar-refractivity contribution is 5.28. The zero-order chi connectivity index (χ0) is 12.1. The van der Waals surface area contributed by atoms with Gasteiger partial charge in [0, 0.05) is 18.4 Å². The van der Waals surface area contributed by atoms with Crippen LogP contribution in [-0.2, 0) is 24.1 Å². The molecule has 1 aromatic rings. The molecular weight excluding hydrogens is 204 g/mol. The Balaban J connectivity index is 3.08. The van der Waals surface area contributed by atoms with Crippen molar-refractivity contribution in [3.05, 3.63) is 17.0 Å². The molecule has 1 atom stereocenters. The van der Waals surface area contributed by atoms with Crippen molar-refractivity contribution in [2.75, 3.05) is 13.7 Å². The smallest absolute Gasteiger partial charge is 0.0798 e. The number of aliphatic hydroxyl groups excluding tert-OH is 1. The predicted octanol–water partition coefficient (Wildman–Crippen LogP) is 1.71. The van der Waals surface area contributed by atoms with Gasteiger partial charge < -0.3 is 9.84 Å². The van der Waals surface area contributed by atoms with Crippen LogP contribution in [0.3, 0.4) is 0 Å². The molecule has 1 rings (SSSR count). The van der Waals surface area contributed by atoms with Gasteiger partial charge in [0.05, 0.1) is 24.9 Å². The summed E-state index contributed by atoms with van der Waals surface area (Å²) in [5, 5.41) is 14.3. The van der Waals surface area contributed by atoms with Gasteiger partial charge in [-0.05, 0) is 19.8 Å². The molecule has 4 nitrogen and oxygen atoms in total. The van der Waals surface area contributed by atoms with Crippen molar-refractivity contribution in [3.8, 4) is 0 Å². The molecule has 0 saturated heterocycles. The molecule has 1 N–H and O–H groups in total. The minimum atomic E-state index is -0.443. The fourth-order valence-electron chi connectivity index (χ4n) is 2.04. The number of nitrogens with zero attached hydrogens (tertiary/aromatic N) is 2. The van der Waals surface area contributed by atoms with E-state index < -0.39 is 6.10 Å². The number of hydrogen-bond donors (Lipinski definition) is 1. The maximum Gasteiger partial charge on any atom is 0.0798 e. The summed E-state index contributed by atoms with van der Waals surface area (Å²) in [6.07, 6.45) is 1.30. The van der Waals surface area contributed by atoms with Crippen LogP contribution in [0.15, 0.2) is 0 Å². The molecule has 0 bridgehead atoms. The van der Waals surface area contributed by atoms with Crippen molar-refractivity contribution < 1.29 is 9.84 Å². The third kappa shape index (κ3) is 2.62. The van der Waals surface area contributed by atoms with Crippen LogP contribution in [0.4, 0.5) is 0 Å². The summed E-state index contributed by atoms with van der Waals surface area (Å²) in [4.78, 5) is 0. The molecule has 0 radical (unpaired) electrons. The van der Waals surface area contributed by atoms with Gasteiger partial charge in [-0.15, -0.1) is 0 Å². The van der Waals surface area contributed by atoms with Gasteiger partial charge in [-0.3, -0.25) is 4.68 Å². The molecule has 1 aromatic heterocycles. The molecule has 0 aromatic carbocycles. The van der Waals surface area contributed by atoms with Gasteiger partial charge in [-0.2, -0.15) is 5.10 Å². The van der Waals surface area contributed by atoms with E-state index in [2.05, 4.69) is 18.9 Å². The summed E-state index contributed by atoms with van der Waals surface area (Å²) >= 11 is 0. The molecule has 0 aliphatic heterocycles. The van der Waals surface area contributed by atoms with E-state index in [0.29, 0.717) is 6.61 Å². The minimum Gasteiger partial charge on any atom is -0.389 e. The highest BCUT2D eigenvalue weighted by Crippen LogP contribution is 2.23. The lowest BCUT2D eigenvalue weighted by Crippen LogP contribution is -2.10. The summed E-state index contributed by atoms with van der Waals surface area (Å²) < 4.78 is 7.03. The van der Waals surface area contributed by atoms with E-state index in [-0.39, 0.29) is 0 Å². The van der Waals surface area contributed by atoms with Gasteiger partial charge in [0.2, 0.25) is 0 Å². The molecule has 1 heterocycles. The molecule has 0 fully saturated rings. The third-order valence-corrected chi connectivity index (χ3v) is 2.77. The van der Waals surface area contributed by atoms with Crippen LogP contribution >= 0.6 is 0 Å². The highest BCUT2D eigenvalue weighted by atomic mass is 16.5. The number of ether oxygens (including phenoxy) is 1. The SMILES string of the molecule is CCc1nn(CCOC)c(CC)c1C(C)O. The molecular formula is C12H22N2O2. The Bertz CT molecular complexity index is 332. The second-order valence-electron chi connectivity index (χ2n) is 3.91. The third-order valence-electron chi connectivity index (χ3n) is 2.77. The van der Waals surface area contributed by atoms with E-state index >= 15 is 0 Å². The molecule has 0 aliphatic rings. The van der Waals surface area contributed by atoms with Crippen LogP contribution in [0.2, 0.25) is 0 Å². The second-order valence-corrected chi connectivity index (χ2v) is 3.91. The second kappa shape index (κ2) is 6.01. The number of aryl methyl sites for hydroxylation is 1. The first-order chi connectivity index (χ1) is 7.65. The largest absolute Gasteiger partial charge is 0.389 e. The van der Waals surface area contributed by atoms with E-state index in [1.807, 2.05) is 4.68 Å².